The summed E-state index contributed by atoms with van der Waals surface area (Å²) in [6.07, 6.45) is 2.49. The van der Waals surface area contributed by atoms with E-state index in [1.54, 1.807) is 17.6 Å². The number of hydrogen-bond donors (Lipinski definition) is 2. The molecule has 0 fully saturated rings. The average Bonchev–Trinajstić information content (AvgIpc) is 2.97. The van der Waals surface area contributed by atoms with Gasteiger partial charge in [-0.2, -0.15) is 4.98 Å². The SMILES string of the molecule is Cc1cc2c(NCCc3ccco3)nc(N)nc2s1. The van der Waals surface area contributed by atoms with Crippen molar-refractivity contribution < 1.29 is 4.42 Å². The van der Waals surface area contributed by atoms with Gasteiger partial charge >= 0.3 is 0 Å². The van der Waals surface area contributed by atoms with Crippen molar-refractivity contribution >= 4 is 33.3 Å². The zero-order valence-corrected chi connectivity index (χ0v) is 11.3. The Morgan fingerprint density at radius 1 is 1.42 bits per heavy atom. The minimum absolute atomic E-state index is 0.301. The molecule has 0 amide bonds. The van der Waals surface area contributed by atoms with Crippen LogP contribution in [0.5, 0.6) is 0 Å². The minimum atomic E-state index is 0.301. The molecule has 0 spiro atoms. The standard InChI is InChI=1S/C13H14N4OS/c1-8-7-10-11(16-13(14)17-12(10)19-8)15-5-4-9-3-2-6-18-9/h2-3,6-7H,4-5H2,1H3,(H3,14,15,16,17). The van der Waals surface area contributed by atoms with Crippen LogP contribution in [-0.4, -0.2) is 16.5 Å². The Balaban J connectivity index is 1.79. The summed E-state index contributed by atoms with van der Waals surface area (Å²) in [5.41, 5.74) is 5.73. The Labute approximate surface area is 114 Å². The monoisotopic (exact) mass is 274 g/mol. The Hall–Kier alpha value is -2.08. The molecule has 0 saturated carbocycles. The summed E-state index contributed by atoms with van der Waals surface area (Å²) in [6, 6.07) is 5.92. The predicted octanol–water partition coefficient (Wildman–Crippen LogP) is 2.83. The van der Waals surface area contributed by atoms with E-state index in [-0.39, 0.29) is 0 Å². The van der Waals surface area contributed by atoms with Crippen molar-refractivity contribution in [3.8, 4) is 0 Å². The first kappa shape index (κ1) is 12.0. The highest BCUT2D eigenvalue weighted by Crippen LogP contribution is 2.28. The van der Waals surface area contributed by atoms with Crippen LogP contribution in [-0.2, 0) is 6.42 Å². The molecule has 0 saturated heterocycles. The highest BCUT2D eigenvalue weighted by molar-refractivity contribution is 7.18. The maximum Gasteiger partial charge on any atom is 0.223 e. The third-order valence-corrected chi connectivity index (χ3v) is 3.72. The number of thiophene rings is 1. The lowest BCUT2D eigenvalue weighted by molar-refractivity contribution is 0.513. The van der Waals surface area contributed by atoms with Gasteiger partial charge in [0.15, 0.2) is 0 Å². The normalized spacial score (nSPS) is 11.0. The number of aromatic nitrogens is 2. The van der Waals surface area contributed by atoms with Crippen molar-refractivity contribution in [3.63, 3.8) is 0 Å². The highest BCUT2D eigenvalue weighted by Gasteiger charge is 2.09. The summed E-state index contributed by atoms with van der Waals surface area (Å²) in [5, 5.41) is 4.32. The zero-order chi connectivity index (χ0) is 13.2. The second-order valence-electron chi connectivity index (χ2n) is 4.26. The first-order valence-corrected chi connectivity index (χ1v) is 6.84. The quantitative estimate of drug-likeness (QED) is 0.765. The summed E-state index contributed by atoms with van der Waals surface area (Å²) in [4.78, 5) is 10.6. The Morgan fingerprint density at radius 2 is 2.32 bits per heavy atom. The van der Waals surface area contributed by atoms with Gasteiger partial charge in [0.1, 0.15) is 16.4 Å². The van der Waals surface area contributed by atoms with Gasteiger partial charge in [0, 0.05) is 17.8 Å². The molecule has 0 unspecified atom stereocenters. The summed E-state index contributed by atoms with van der Waals surface area (Å²) in [6.45, 7) is 2.79. The molecule has 3 aromatic heterocycles. The third kappa shape index (κ3) is 2.53. The number of furan rings is 1. The molecule has 3 aromatic rings. The van der Waals surface area contributed by atoms with Crippen molar-refractivity contribution in [1.82, 2.24) is 9.97 Å². The van der Waals surface area contributed by atoms with Crippen LogP contribution in [0.1, 0.15) is 10.6 Å². The first-order valence-electron chi connectivity index (χ1n) is 6.02. The topological polar surface area (TPSA) is 77.0 Å². The number of rotatable bonds is 4. The van der Waals surface area contributed by atoms with E-state index in [1.807, 2.05) is 12.1 Å². The van der Waals surface area contributed by atoms with Gasteiger partial charge in [-0.3, -0.25) is 0 Å². The van der Waals surface area contributed by atoms with Crippen LogP contribution in [0.2, 0.25) is 0 Å². The van der Waals surface area contributed by atoms with Gasteiger partial charge in [0.05, 0.1) is 11.6 Å². The zero-order valence-electron chi connectivity index (χ0n) is 10.5. The van der Waals surface area contributed by atoms with E-state index >= 15 is 0 Å². The molecule has 0 aliphatic carbocycles. The van der Waals surface area contributed by atoms with E-state index < -0.39 is 0 Å². The van der Waals surface area contributed by atoms with Gasteiger partial charge in [0.2, 0.25) is 5.95 Å². The van der Waals surface area contributed by atoms with E-state index in [2.05, 4.69) is 28.3 Å². The summed E-state index contributed by atoms with van der Waals surface area (Å²) < 4.78 is 5.29. The number of aryl methyl sites for hydroxylation is 1. The lowest BCUT2D eigenvalue weighted by Gasteiger charge is -2.06. The molecule has 3 heterocycles. The van der Waals surface area contributed by atoms with Crippen LogP contribution in [0.4, 0.5) is 11.8 Å². The molecular weight excluding hydrogens is 260 g/mol. The fourth-order valence-electron chi connectivity index (χ4n) is 1.95. The number of nitrogens with two attached hydrogens (primary N) is 1. The second kappa shape index (κ2) is 4.89. The summed E-state index contributed by atoms with van der Waals surface area (Å²) >= 11 is 1.62. The Morgan fingerprint density at radius 3 is 3.11 bits per heavy atom. The first-order chi connectivity index (χ1) is 9.22. The van der Waals surface area contributed by atoms with E-state index in [0.717, 1.165) is 34.8 Å². The number of hydrogen-bond acceptors (Lipinski definition) is 6. The van der Waals surface area contributed by atoms with Gasteiger partial charge in [0.25, 0.3) is 0 Å². The van der Waals surface area contributed by atoms with Gasteiger partial charge in [-0.15, -0.1) is 11.3 Å². The fraction of sp³-hybridized carbons (Fsp3) is 0.231. The number of nitrogens with zero attached hydrogens (tertiary/aromatic N) is 2. The van der Waals surface area contributed by atoms with Crippen LogP contribution in [0.25, 0.3) is 10.2 Å². The molecule has 98 valence electrons. The Bertz CT molecular complexity index is 690. The largest absolute Gasteiger partial charge is 0.469 e. The van der Waals surface area contributed by atoms with Crippen molar-refractivity contribution in [2.45, 2.75) is 13.3 Å². The van der Waals surface area contributed by atoms with Gasteiger partial charge < -0.3 is 15.5 Å². The maximum absolute atomic E-state index is 5.73. The molecule has 19 heavy (non-hydrogen) atoms. The molecule has 0 radical (unpaired) electrons. The van der Waals surface area contributed by atoms with Crippen molar-refractivity contribution in [2.24, 2.45) is 0 Å². The van der Waals surface area contributed by atoms with Gasteiger partial charge in [-0.25, -0.2) is 4.98 Å². The highest BCUT2D eigenvalue weighted by atomic mass is 32.1. The van der Waals surface area contributed by atoms with E-state index in [4.69, 9.17) is 10.2 Å². The number of nitrogens with one attached hydrogen (secondary N) is 1. The summed E-state index contributed by atoms with van der Waals surface area (Å²) in [7, 11) is 0. The predicted molar refractivity (Wildman–Crippen MR) is 77.5 cm³/mol. The number of nitrogen functional groups attached to an aromatic ring is 1. The molecule has 0 aliphatic rings. The fourth-order valence-corrected chi connectivity index (χ4v) is 2.84. The van der Waals surface area contributed by atoms with Crippen molar-refractivity contribution in [3.05, 3.63) is 35.1 Å². The van der Waals surface area contributed by atoms with Crippen LogP contribution < -0.4 is 11.1 Å². The summed E-state index contributed by atoms with van der Waals surface area (Å²) in [5.74, 6) is 2.04. The van der Waals surface area contributed by atoms with E-state index in [9.17, 15) is 0 Å². The number of fused-ring (bicyclic) bond motifs is 1. The van der Waals surface area contributed by atoms with E-state index in [0.29, 0.717) is 5.95 Å². The lowest BCUT2D eigenvalue weighted by Crippen LogP contribution is -2.07. The molecule has 3 N–H and O–H groups in total. The lowest BCUT2D eigenvalue weighted by atomic mass is 10.3. The maximum atomic E-state index is 5.73. The molecule has 0 bridgehead atoms. The van der Waals surface area contributed by atoms with E-state index in [1.165, 1.54) is 4.88 Å². The molecule has 3 rings (SSSR count). The van der Waals surface area contributed by atoms with Crippen molar-refractivity contribution in [2.75, 3.05) is 17.6 Å². The molecule has 0 aliphatic heterocycles. The Kier molecular flexibility index (Phi) is 3.08. The molecule has 5 nitrogen and oxygen atoms in total. The molecule has 0 aromatic carbocycles. The van der Waals surface area contributed by atoms with Crippen molar-refractivity contribution in [1.29, 1.82) is 0 Å². The minimum Gasteiger partial charge on any atom is -0.469 e. The second-order valence-corrected chi connectivity index (χ2v) is 5.50. The third-order valence-electron chi connectivity index (χ3n) is 2.78. The molecular formula is C13H14N4OS. The van der Waals surface area contributed by atoms with Crippen LogP contribution in [0, 0.1) is 6.92 Å². The average molecular weight is 274 g/mol. The molecule has 0 atom stereocenters. The van der Waals surface area contributed by atoms with Gasteiger partial charge in [-0.05, 0) is 25.1 Å². The smallest absolute Gasteiger partial charge is 0.223 e. The van der Waals surface area contributed by atoms with Crippen LogP contribution in [0.15, 0.2) is 28.9 Å². The molecule has 6 heteroatoms. The van der Waals surface area contributed by atoms with Crippen LogP contribution in [0.3, 0.4) is 0 Å². The van der Waals surface area contributed by atoms with Crippen LogP contribution >= 0.6 is 11.3 Å². The van der Waals surface area contributed by atoms with Gasteiger partial charge in [-0.1, -0.05) is 0 Å². The number of anilines is 2.